The summed E-state index contributed by atoms with van der Waals surface area (Å²) < 4.78 is 20.2. The minimum Gasteiger partial charge on any atom is -0.385 e. The predicted octanol–water partition coefficient (Wildman–Crippen LogP) is 5.56. The normalized spacial score (nSPS) is 62.1. The number of rotatable bonds is 1. The summed E-state index contributed by atoms with van der Waals surface area (Å²) in [6.07, 6.45) is 10.6. The molecule has 4 bridgehead atoms. The maximum atomic E-state index is 11.4. The van der Waals surface area contributed by atoms with Crippen LogP contribution in [0.4, 0.5) is 0 Å². The molecule has 5 heteroatoms. The van der Waals surface area contributed by atoms with Crippen LogP contribution >= 0.6 is 0 Å². The average Bonchev–Trinajstić information content (AvgIpc) is 3.36. The van der Waals surface area contributed by atoms with Crippen molar-refractivity contribution in [3.05, 3.63) is 0 Å². The van der Waals surface area contributed by atoms with E-state index in [2.05, 4.69) is 34.6 Å². The van der Waals surface area contributed by atoms with Crippen LogP contribution in [0.25, 0.3) is 0 Å². The molecule has 4 aliphatic carbocycles. The number of hydrogen-bond acceptors (Lipinski definition) is 5. The van der Waals surface area contributed by atoms with E-state index in [1.807, 2.05) is 13.8 Å². The van der Waals surface area contributed by atoms with Gasteiger partial charge in [-0.3, -0.25) is 0 Å². The van der Waals surface area contributed by atoms with E-state index in [4.69, 9.17) is 14.2 Å². The quantitative estimate of drug-likeness (QED) is 0.506. The molecule has 2 N–H and O–H groups in total. The Morgan fingerprint density at radius 3 is 2.03 bits per heavy atom. The molecule has 0 aromatic rings. The Hall–Kier alpha value is -0.200. The molecule has 0 aromatic carbocycles. The molecule has 2 unspecified atom stereocenters. The van der Waals surface area contributed by atoms with Gasteiger partial charge in [-0.1, -0.05) is 27.7 Å². The second-order valence-corrected chi connectivity index (χ2v) is 15.8. The average molecular weight is 489 g/mol. The van der Waals surface area contributed by atoms with E-state index in [0.29, 0.717) is 17.8 Å². The molecule has 4 heterocycles. The van der Waals surface area contributed by atoms with Crippen molar-refractivity contribution in [2.45, 2.75) is 141 Å². The Kier molecular flexibility index (Phi) is 4.21. The van der Waals surface area contributed by atoms with Gasteiger partial charge in [-0.05, 0) is 101 Å². The Morgan fingerprint density at radius 2 is 1.40 bits per heavy atom. The lowest BCUT2D eigenvalue weighted by Crippen LogP contribution is -2.73. The number of aliphatic hydroxyl groups is 2. The van der Waals surface area contributed by atoms with Gasteiger partial charge in [0.15, 0.2) is 11.6 Å². The summed E-state index contributed by atoms with van der Waals surface area (Å²) in [5.41, 5.74) is -1.30. The molecule has 8 rings (SSSR count). The van der Waals surface area contributed by atoms with Crippen LogP contribution in [0.15, 0.2) is 0 Å². The molecule has 4 aliphatic heterocycles. The smallest absolute Gasteiger partial charge is 0.198 e. The standard InChI is InChI=1S/C30H48O5/c1-22(2)19-10-11-24(5)20(27(19)14-16-29(22,32)33-18-27)8-9-21-25(24,6)12-15-28(21)26(7)13-17-30(34-26,35-28)23(3,4)31/h19-21,31-32H,8-18H2,1-7H3/t19?,20-,21?,24+,25+,26-,27+,28+,29-,30+/m0/s1. The molecular formula is C30H48O5. The SMILES string of the molecule is CC(C)(O)[C@]12CC[C@](C)(O1)[C@]1(CC[C@]3(C)C1CC[C@@H]1[C@]45CC[C@](O)(OC4)C(C)(C)C5CC[C@]13C)O2. The number of ether oxygens (including phenoxy) is 3. The molecule has 4 saturated heterocycles. The maximum Gasteiger partial charge on any atom is 0.198 e. The Labute approximate surface area is 211 Å². The summed E-state index contributed by atoms with van der Waals surface area (Å²) in [6.45, 7) is 16.5. The highest BCUT2D eigenvalue weighted by molar-refractivity contribution is 5.28. The van der Waals surface area contributed by atoms with Crippen molar-refractivity contribution < 1.29 is 24.4 Å². The fraction of sp³-hybridized carbons (Fsp3) is 1.00. The first-order valence-corrected chi connectivity index (χ1v) is 14.5. The van der Waals surface area contributed by atoms with E-state index >= 15 is 0 Å². The van der Waals surface area contributed by atoms with Crippen molar-refractivity contribution >= 4 is 0 Å². The molecule has 8 aliphatic rings. The van der Waals surface area contributed by atoms with E-state index < -0.39 is 17.2 Å². The first-order valence-electron chi connectivity index (χ1n) is 14.5. The van der Waals surface area contributed by atoms with E-state index in [1.165, 1.54) is 25.7 Å². The van der Waals surface area contributed by atoms with E-state index in [-0.39, 0.29) is 32.9 Å². The van der Waals surface area contributed by atoms with E-state index in [9.17, 15) is 10.2 Å². The van der Waals surface area contributed by atoms with Crippen molar-refractivity contribution in [3.8, 4) is 0 Å². The third-order valence-electron chi connectivity index (χ3n) is 14.4. The van der Waals surface area contributed by atoms with Gasteiger partial charge in [-0.2, -0.15) is 0 Å². The summed E-state index contributed by atoms with van der Waals surface area (Å²) in [5, 5.41) is 22.5. The van der Waals surface area contributed by atoms with Gasteiger partial charge in [0.1, 0.15) is 11.2 Å². The Bertz CT molecular complexity index is 960. The van der Waals surface area contributed by atoms with Gasteiger partial charge in [-0.15, -0.1) is 0 Å². The summed E-state index contributed by atoms with van der Waals surface area (Å²) in [5.74, 6) is -0.258. The molecule has 35 heavy (non-hydrogen) atoms. The number of hydrogen-bond donors (Lipinski definition) is 2. The lowest BCUT2D eigenvalue weighted by molar-refractivity contribution is -0.399. The lowest BCUT2D eigenvalue weighted by Gasteiger charge is -2.74. The van der Waals surface area contributed by atoms with E-state index in [1.54, 1.807) is 0 Å². The minimum atomic E-state index is -1.02. The molecular weight excluding hydrogens is 440 g/mol. The van der Waals surface area contributed by atoms with Crippen LogP contribution in [0, 0.1) is 39.4 Å². The van der Waals surface area contributed by atoms with Crippen molar-refractivity contribution in [2.75, 3.05) is 6.61 Å². The van der Waals surface area contributed by atoms with Crippen molar-refractivity contribution in [1.29, 1.82) is 0 Å². The zero-order valence-corrected chi connectivity index (χ0v) is 23.1. The number of fused-ring (bicyclic) bond motifs is 9. The van der Waals surface area contributed by atoms with Crippen LogP contribution in [0.1, 0.15) is 113 Å². The zero-order valence-electron chi connectivity index (χ0n) is 23.1. The van der Waals surface area contributed by atoms with Crippen LogP contribution in [0.2, 0.25) is 0 Å². The first kappa shape index (κ1) is 23.9. The largest absolute Gasteiger partial charge is 0.385 e. The minimum absolute atomic E-state index is 0.169. The molecule has 0 amide bonds. The second kappa shape index (κ2) is 6.17. The fourth-order valence-electron chi connectivity index (χ4n) is 12.1. The summed E-state index contributed by atoms with van der Waals surface area (Å²) >= 11 is 0. The molecule has 0 aromatic heterocycles. The predicted molar refractivity (Wildman–Crippen MR) is 132 cm³/mol. The molecule has 4 saturated carbocycles. The third-order valence-corrected chi connectivity index (χ3v) is 14.4. The van der Waals surface area contributed by atoms with Crippen LogP contribution in [-0.4, -0.2) is 45.2 Å². The van der Waals surface area contributed by atoms with Crippen molar-refractivity contribution in [1.82, 2.24) is 0 Å². The van der Waals surface area contributed by atoms with Crippen molar-refractivity contribution in [3.63, 3.8) is 0 Å². The first-order chi connectivity index (χ1) is 16.1. The Balaban J connectivity index is 1.29. The highest BCUT2D eigenvalue weighted by Gasteiger charge is 2.81. The topological polar surface area (TPSA) is 68.2 Å². The van der Waals surface area contributed by atoms with Gasteiger partial charge < -0.3 is 24.4 Å². The van der Waals surface area contributed by atoms with E-state index in [0.717, 1.165) is 45.1 Å². The summed E-state index contributed by atoms with van der Waals surface area (Å²) in [7, 11) is 0. The van der Waals surface area contributed by atoms with Crippen LogP contribution in [0.5, 0.6) is 0 Å². The summed E-state index contributed by atoms with van der Waals surface area (Å²) in [6, 6.07) is 0. The zero-order chi connectivity index (χ0) is 25.1. The summed E-state index contributed by atoms with van der Waals surface area (Å²) in [4.78, 5) is 0. The third kappa shape index (κ3) is 2.27. The van der Waals surface area contributed by atoms with Crippen LogP contribution < -0.4 is 0 Å². The highest BCUT2D eigenvalue weighted by atomic mass is 16.8. The highest BCUT2D eigenvalue weighted by Crippen LogP contribution is 2.80. The van der Waals surface area contributed by atoms with Gasteiger partial charge in [0.25, 0.3) is 0 Å². The molecule has 0 radical (unpaired) electrons. The van der Waals surface area contributed by atoms with Gasteiger partial charge >= 0.3 is 0 Å². The van der Waals surface area contributed by atoms with Crippen LogP contribution in [0.3, 0.4) is 0 Å². The lowest BCUT2D eigenvalue weighted by atomic mass is 9.34. The molecule has 2 spiro atoms. The molecule has 8 fully saturated rings. The molecule has 198 valence electrons. The maximum absolute atomic E-state index is 11.4. The second-order valence-electron chi connectivity index (χ2n) is 15.8. The Morgan fingerprint density at radius 1 is 0.714 bits per heavy atom. The fourth-order valence-corrected chi connectivity index (χ4v) is 12.1. The monoisotopic (exact) mass is 488 g/mol. The van der Waals surface area contributed by atoms with Crippen molar-refractivity contribution in [2.24, 2.45) is 39.4 Å². The van der Waals surface area contributed by atoms with Crippen LogP contribution in [-0.2, 0) is 14.2 Å². The van der Waals surface area contributed by atoms with Gasteiger partial charge in [-0.25, -0.2) is 0 Å². The van der Waals surface area contributed by atoms with Gasteiger partial charge in [0.05, 0.1) is 12.2 Å². The molecule has 10 atom stereocenters. The van der Waals surface area contributed by atoms with Gasteiger partial charge in [0, 0.05) is 23.7 Å². The molecule has 5 nitrogen and oxygen atoms in total. The van der Waals surface area contributed by atoms with Gasteiger partial charge in [0.2, 0.25) is 0 Å².